The molecule has 0 aliphatic rings. The predicted octanol–water partition coefficient (Wildman–Crippen LogP) is 5.55. The van der Waals surface area contributed by atoms with Gasteiger partial charge in [-0.05, 0) is 0 Å². The van der Waals surface area contributed by atoms with E-state index in [4.69, 9.17) is 69.6 Å². The number of nitrogens with zero attached hydrogens (tertiary/aromatic N) is 2. The van der Waals surface area contributed by atoms with E-state index in [1.165, 1.54) is 0 Å². The molecule has 0 amide bonds. The molecule has 1 aromatic carbocycles. The van der Waals surface area contributed by atoms with Gasteiger partial charge in [0.15, 0.2) is 10.3 Å². The average Bonchev–Trinajstić information content (AvgIpc) is 2.26. The number of aromatic nitrogens is 2. The zero-order valence-corrected chi connectivity index (χ0v) is 11.7. The molecule has 0 aliphatic carbocycles. The van der Waals surface area contributed by atoms with Gasteiger partial charge < -0.3 is 0 Å². The lowest BCUT2D eigenvalue weighted by Crippen LogP contribution is -1.90. The highest BCUT2D eigenvalue weighted by atomic mass is 35.5. The predicted molar refractivity (Wildman–Crippen MR) is 69.6 cm³/mol. The van der Waals surface area contributed by atoms with Crippen LogP contribution >= 0.6 is 69.6 Å². The fraction of sp³-hybridized carbons (Fsp3) is 0. The van der Waals surface area contributed by atoms with Crippen molar-refractivity contribution in [3.05, 3.63) is 30.4 Å². The zero-order valence-electron chi connectivity index (χ0n) is 7.16. The van der Waals surface area contributed by atoms with Crippen LogP contribution in [0.15, 0.2) is 0 Å². The Kier molecular flexibility index (Phi) is 3.60. The molecule has 0 bridgehead atoms. The van der Waals surface area contributed by atoms with Crippen molar-refractivity contribution in [3.8, 4) is 0 Å². The Morgan fingerprint density at radius 1 is 0.500 bits per heavy atom. The lowest BCUT2D eigenvalue weighted by molar-refractivity contribution is 1.05. The van der Waals surface area contributed by atoms with Crippen molar-refractivity contribution >= 4 is 80.4 Å². The monoisotopic (exact) mass is 334 g/mol. The number of hydrogen-bond donors (Lipinski definition) is 0. The van der Waals surface area contributed by atoms with Gasteiger partial charge in [0, 0.05) is 10.8 Å². The topological polar surface area (TPSA) is 25.8 Å². The van der Waals surface area contributed by atoms with E-state index >= 15 is 0 Å². The summed E-state index contributed by atoms with van der Waals surface area (Å²) in [5.41, 5.74) is 0. The van der Waals surface area contributed by atoms with Crippen LogP contribution in [0.5, 0.6) is 0 Å². The zero-order chi connectivity index (χ0) is 12.0. The molecular weight excluding hydrogens is 337 g/mol. The minimum Gasteiger partial charge on any atom is -0.136 e. The molecule has 0 radical (unpaired) electrons. The van der Waals surface area contributed by atoms with Crippen LogP contribution in [0.4, 0.5) is 0 Å². The molecule has 16 heavy (non-hydrogen) atoms. The third-order valence-corrected chi connectivity index (χ3v) is 4.24. The van der Waals surface area contributed by atoms with Crippen LogP contribution < -0.4 is 0 Å². The summed E-state index contributed by atoms with van der Waals surface area (Å²) >= 11 is 35.5. The smallest absolute Gasteiger partial charge is 0.136 e. The molecule has 0 unspecified atom stereocenters. The van der Waals surface area contributed by atoms with Crippen molar-refractivity contribution in [3.63, 3.8) is 0 Å². The van der Waals surface area contributed by atoms with Crippen molar-refractivity contribution in [2.24, 2.45) is 0 Å². The first-order valence-electron chi connectivity index (χ1n) is 3.78. The maximum Gasteiger partial charge on any atom is 0.161 e. The summed E-state index contributed by atoms with van der Waals surface area (Å²) in [5.74, 6) is 0. The maximum atomic E-state index is 5.99. The maximum absolute atomic E-state index is 5.99. The van der Waals surface area contributed by atoms with Crippen LogP contribution in [0, 0.1) is 0 Å². The molecule has 0 fully saturated rings. The Morgan fingerprint density at radius 3 is 1.12 bits per heavy atom. The first-order chi connectivity index (χ1) is 7.45. The molecule has 0 aliphatic heterocycles. The van der Waals surface area contributed by atoms with E-state index in [-0.39, 0.29) is 30.4 Å². The van der Waals surface area contributed by atoms with Crippen molar-refractivity contribution < 1.29 is 0 Å². The number of halogens is 6. The van der Waals surface area contributed by atoms with Crippen molar-refractivity contribution in [1.29, 1.82) is 0 Å². The molecule has 0 atom stereocenters. The van der Waals surface area contributed by atoms with Gasteiger partial charge in [-0.2, -0.15) is 0 Å². The third-order valence-electron chi connectivity index (χ3n) is 1.91. The molecule has 2 nitrogen and oxygen atoms in total. The van der Waals surface area contributed by atoms with Gasteiger partial charge in [-0.15, -0.1) is 10.2 Å². The van der Waals surface area contributed by atoms with Crippen LogP contribution in [-0.4, -0.2) is 10.2 Å². The second kappa shape index (κ2) is 4.52. The van der Waals surface area contributed by atoms with Gasteiger partial charge in [-0.25, -0.2) is 0 Å². The number of hydrogen-bond acceptors (Lipinski definition) is 2. The highest BCUT2D eigenvalue weighted by Gasteiger charge is 2.20. The van der Waals surface area contributed by atoms with Crippen LogP contribution in [0.3, 0.4) is 0 Å². The molecule has 2 rings (SSSR count). The Balaban J connectivity index is 3.14. The molecular formula is C8Cl6N2. The molecule has 1 aromatic heterocycles. The summed E-state index contributed by atoms with van der Waals surface area (Å²) in [6.07, 6.45) is 0. The van der Waals surface area contributed by atoms with Crippen LogP contribution in [-0.2, 0) is 0 Å². The number of fused-ring (bicyclic) bond motifs is 1. The first kappa shape index (κ1) is 12.7. The quantitative estimate of drug-likeness (QED) is 0.465. The van der Waals surface area contributed by atoms with Gasteiger partial charge in [-0.1, -0.05) is 69.6 Å². The van der Waals surface area contributed by atoms with E-state index in [1.807, 2.05) is 0 Å². The minimum atomic E-state index is 0.0601. The number of benzene rings is 1. The Bertz CT molecular complexity index is 545. The molecule has 0 spiro atoms. The molecule has 0 saturated heterocycles. The van der Waals surface area contributed by atoms with Gasteiger partial charge >= 0.3 is 0 Å². The molecule has 2 aromatic rings. The molecule has 1 heterocycles. The lowest BCUT2D eigenvalue weighted by atomic mass is 10.2. The van der Waals surface area contributed by atoms with E-state index in [0.717, 1.165) is 0 Å². The Morgan fingerprint density at radius 2 is 0.812 bits per heavy atom. The van der Waals surface area contributed by atoms with Crippen molar-refractivity contribution in [2.75, 3.05) is 0 Å². The summed E-state index contributed by atoms with van der Waals surface area (Å²) in [6, 6.07) is 0. The second-order valence-electron chi connectivity index (χ2n) is 2.79. The van der Waals surface area contributed by atoms with Crippen LogP contribution in [0.2, 0.25) is 30.4 Å². The van der Waals surface area contributed by atoms with Gasteiger partial charge in [0.2, 0.25) is 0 Å². The second-order valence-corrected chi connectivity index (χ2v) is 5.02. The summed E-state index contributed by atoms with van der Waals surface area (Å²) in [4.78, 5) is 0. The Hall–Kier alpha value is 0.300. The minimum absolute atomic E-state index is 0.0601. The molecule has 8 heteroatoms. The summed E-state index contributed by atoms with van der Waals surface area (Å²) < 4.78 is 0. The van der Waals surface area contributed by atoms with E-state index in [0.29, 0.717) is 10.8 Å². The van der Waals surface area contributed by atoms with E-state index in [2.05, 4.69) is 10.2 Å². The van der Waals surface area contributed by atoms with Crippen molar-refractivity contribution in [1.82, 2.24) is 10.2 Å². The largest absolute Gasteiger partial charge is 0.161 e. The fourth-order valence-corrected chi connectivity index (χ4v) is 2.79. The van der Waals surface area contributed by atoms with Gasteiger partial charge in [-0.3, -0.25) is 0 Å². The van der Waals surface area contributed by atoms with E-state index in [9.17, 15) is 0 Å². The van der Waals surface area contributed by atoms with Gasteiger partial charge in [0.25, 0.3) is 0 Å². The molecule has 0 saturated carbocycles. The summed E-state index contributed by atoms with van der Waals surface area (Å²) in [7, 11) is 0. The highest BCUT2D eigenvalue weighted by molar-refractivity contribution is 6.57. The Labute approximate surface area is 120 Å². The lowest BCUT2D eigenvalue weighted by Gasteiger charge is -2.09. The van der Waals surface area contributed by atoms with Crippen molar-refractivity contribution in [2.45, 2.75) is 0 Å². The average molecular weight is 337 g/mol. The highest BCUT2D eigenvalue weighted by Crippen LogP contribution is 2.46. The van der Waals surface area contributed by atoms with Crippen LogP contribution in [0.25, 0.3) is 10.8 Å². The molecule has 0 N–H and O–H groups in total. The number of rotatable bonds is 0. The summed E-state index contributed by atoms with van der Waals surface area (Å²) in [5, 5.41) is 8.53. The van der Waals surface area contributed by atoms with Crippen LogP contribution in [0.1, 0.15) is 0 Å². The molecule has 84 valence electrons. The first-order valence-corrected chi connectivity index (χ1v) is 6.05. The normalized spacial score (nSPS) is 11.1. The van der Waals surface area contributed by atoms with Gasteiger partial charge in [0.1, 0.15) is 0 Å². The third kappa shape index (κ3) is 1.82. The van der Waals surface area contributed by atoms with Gasteiger partial charge in [0.05, 0.1) is 20.1 Å². The van der Waals surface area contributed by atoms with E-state index in [1.54, 1.807) is 0 Å². The van der Waals surface area contributed by atoms with E-state index < -0.39 is 0 Å². The standard InChI is InChI=1S/C8Cl6N2/c9-3-1-2(4(10)6(12)5(3)11)8(14)16-15-7(1)13. The summed E-state index contributed by atoms with van der Waals surface area (Å²) in [6.45, 7) is 0. The fourth-order valence-electron chi connectivity index (χ4n) is 1.21. The SMILES string of the molecule is Clc1c(Cl)c(Cl)c2c(Cl)nnc(Cl)c2c1Cl.